The van der Waals surface area contributed by atoms with Crippen LogP contribution < -0.4 is 10.6 Å². The molecule has 0 spiro atoms. The first kappa shape index (κ1) is 21.2. The molecule has 0 aliphatic heterocycles. The van der Waals surface area contributed by atoms with Crippen LogP contribution in [0.15, 0.2) is 0 Å². The summed E-state index contributed by atoms with van der Waals surface area (Å²) in [5.74, 6) is -0.729. The lowest BCUT2D eigenvalue weighted by Crippen LogP contribution is -2.51. The number of carbonyl (C=O) groups is 3. The maximum atomic E-state index is 12.2. The number of nitrogens with one attached hydrogen (secondary N) is 2. The van der Waals surface area contributed by atoms with Gasteiger partial charge in [0.25, 0.3) is 0 Å². The third-order valence-corrected chi connectivity index (χ3v) is 2.72. The average molecular weight is 330 g/mol. The summed E-state index contributed by atoms with van der Waals surface area (Å²) < 4.78 is 10.1. The lowest BCUT2D eigenvalue weighted by Gasteiger charge is -2.23. The SMILES string of the molecule is CCOC(=O)[C@H](CC(C)C)NC(=O)[C@@H](C)NC(=O)OC(C)(C)C. The second-order valence-corrected chi connectivity index (χ2v) is 6.81. The van der Waals surface area contributed by atoms with Gasteiger partial charge in [0.15, 0.2) is 0 Å². The topological polar surface area (TPSA) is 93.7 Å². The Balaban J connectivity index is 4.65. The number of alkyl carbamates (subject to hydrolysis) is 1. The van der Waals surface area contributed by atoms with Crippen LogP contribution in [-0.2, 0) is 19.1 Å². The molecule has 2 amide bonds. The van der Waals surface area contributed by atoms with E-state index in [1.807, 2.05) is 13.8 Å². The number of ether oxygens (including phenoxy) is 2. The van der Waals surface area contributed by atoms with E-state index in [0.717, 1.165) is 0 Å². The zero-order chi connectivity index (χ0) is 18.2. The molecule has 0 radical (unpaired) electrons. The number of rotatable bonds is 7. The van der Waals surface area contributed by atoms with E-state index in [2.05, 4.69) is 10.6 Å². The summed E-state index contributed by atoms with van der Waals surface area (Å²) in [7, 11) is 0. The van der Waals surface area contributed by atoms with E-state index in [-0.39, 0.29) is 12.5 Å². The van der Waals surface area contributed by atoms with Gasteiger partial charge in [-0.25, -0.2) is 9.59 Å². The summed E-state index contributed by atoms with van der Waals surface area (Å²) in [6.07, 6.45) is -0.222. The highest BCUT2D eigenvalue weighted by Gasteiger charge is 2.27. The molecule has 7 nitrogen and oxygen atoms in total. The van der Waals surface area contributed by atoms with E-state index >= 15 is 0 Å². The van der Waals surface area contributed by atoms with Gasteiger partial charge in [0.1, 0.15) is 17.7 Å². The minimum atomic E-state index is -0.825. The third kappa shape index (κ3) is 9.76. The van der Waals surface area contributed by atoms with Crippen molar-refractivity contribution >= 4 is 18.0 Å². The Morgan fingerprint density at radius 1 is 1.04 bits per heavy atom. The minimum Gasteiger partial charge on any atom is -0.464 e. The molecule has 0 bridgehead atoms. The molecule has 0 aliphatic carbocycles. The average Bonchev–Trinajstić information content (AvgIpc) is 2.34. The standard InChI is InChI=1S/C16H30N2O5/c1-8-22-14(20)12(9-10(2)3)18-13(19)11(4)17-15(21)23-16(5,6)7/h10-12H,8-9H2,1-7H3,(H,17,21)(H,18,19)/t11-,12+/m1/s1. The maximum Gasteiger partial charge on any atom is 0.408 e. The first-order valence-electron chi connectivity index (χ1n) is 7.92. The normalized spacial score (nSPS) is 13.9. The van der Waals surface area contributed by atoms with Gasteiger partial charge in [0, 0.05) is 0 Å². The Kier molecular flexibility index (Phi) is 8.64. The van der Waals surface area contributed by atoms with Crippen LogP contribution in [0.5, 0.6) is 0 Å². The lowest BCUT2D eigenvalue weighted by atomic mass is 10.0. The van der Waals surface area contributed by atoms with E-state index in [1.165, 1.54) is 6.92 Å². The summed E-state index contributed by atoms with van der Waals surface area (Å²) in [4.78, 5) is 35.7. The first-order valence-corrected chi connectivity index (χ1v) is 7.92. The van der Waals surface area contributed by atoms with Crippen molar-refractivity contribution in [3.05, 3.63) is 0 Å². The van der Waals surface area contributed by atoms with Crippen molar-refractivity contribution < 1.29 is 23.9 Å². The molecule has 7 heteroatoms. The molecule has 0 saturated carbocycles. The molecule has 23 heavy (non-hydrogen) atoms. The number of hydrogen-bond acceptors (Lipinski definition) is 5. The molecule has 2 atom stereocenters. The Hall–Kier alpha value is -1.79. The van der Waals surface area contributed by atoms with Crippen LogP contribution in [0.1, 0.15) is 54.9 Å². The number of carbonyl (C=O) groups excluding carboxylic acids is 3. The van der Waals surface area contributed by atoms with Crippen molar-refractivity contribution in [2.24, 2.45) is 5.92 Å². The van der Waals surface area contributed by atoms with Gasteiger partial charge < -0.3 is 20.1 Å². The fourth-order valence-electron chi connectivity index (χ4n) is 1.77. The number of esters is 1. The van der Waals surface area contributed by atoms with Crippen molar-refractivity contribution in [1.29, 1.82) is 0 Å². The lowest BCUT2D eigenvalue weighted by molar-refractivity contribution is -0.148. The van der Waals surface area contributed by atoms with E-state index in [4.69, 9.17) is 9.47 Å². The van der Waals surface area contributed by atoms with Gasteiger partial charge in [-0.05, 0) is 47.0 Å². The van der Waals surface area contributed by atoms with Crippen LogP contribution in [0, 0.1) is 5.92 Å². The van der Waals surface area contributed by atoms with Crippen molar-refractivity contribution in [3.63, 3.8) is 0 Å². The van der Waals surface area contributed by atoms with Crippen LogP contribution in [0.3, 0.4) is 0 Å². The Morgan fingerprint density at radius 3 is 2.04 bits per heavy atom. The Labute approximate surface area is 138 Å². The molecule has 0 unspecified atom stereocenters. The highest BCUT2D eigenvalue weighted by molar-refractivity contribution is 5.89. The number of hydrogen-bond donors (Lipinski definition) is 2. The fraction of sp³-hybridized carbons (Fsp3) is 0.812. The zero-order valence-electron chi connectivity index (χ0n) is 15.2. The quantitative estimate of drug-likeness (QED) is 0.696. The highest BCUT2D eigenvalue weighted by atomic mass is 16.6. The number of amides is 2. The van der Waals surface area contributed by atoms with E-state index in [1.54, 1.807) is 27.7 Å². The summed E-state index contributed by atoms with van der Waals surface area (Å²) in [5, 5.41) is 5.06. The zero-order valence-corrected chi connectivity index (χ0v) is 15.2. The summed E-state index contributed by atoms with van der Waals surface area (Å²) in [5.41, 5.74) is -0.647. The monoisotopic (exact) mass is 330 g/mol. The maximum absolute atomic E-state index is 12.2. The van der Waals surface area contributed by atoms with Gasteiger partial charge >= 0.3 is 12.1 Å². The molecule has 0 aromatic carbocycles. The van der Waals surface area contributed by atoms with Crippen molar-refractivity contribution in [2.45, 2.75) is 72.6 Å². The summed E-state index contributed by atoms with van der Waals surface area (Å²) >= 11 is 0. The second kappa shape index (κ2) is 9.37. The molecule has 0 aromatic rings. The largest absolute Gasteiger partial charge is 0.464 e. The highest BCUT2D eigenvalue weighted by Crippen LogP contribution is 2.08. The Morgan fingerprint density at radius 2 is 1.61 bits per heavy atom. The molecular formula is C16H30N2O5. The summed E-state index contributed by atoms with van der Waals surface area (Å²) in [6.45, 7) is 12.6. The molecule has 0 rings (SSSR count). The van der Waals surface area contributed by atoms with E-state index in [9.17, 15) is 14.4 Å². The van der Waals surface area contributed by atoms with Gasteiger partial charge in [-0.2, -0.15) is 0 Å². The molecule has 0 aliphatic rings. The van der Waals surface area contributed by atoms with Crippen LogP contribution in [0.4, 0.5) is 4.79 Å². The smallest absolute Gasteiger partial charge is 0.408 e. The van der Waals surface area contributed by atoms with Gasteiger partial charge in [-0.1, -0.05) is 13.8 Å². The molecule has 0 aromatic heterocycles. The Bertz CT molecular complexity index is 415. The minimum absolute atomic E-state index is 0.207. The van der Waals surface area contributed by atoms with Crippen LogP contribution >= 0.6 is 0 Å². The van der Waals surface area contributed by atoms with Gasteiger partial charge in [0.05, 0.1) is 6.61 Å². The van der Waals surface area contributed by atoms with Gasteiger partial charge in [0.2, 0.25) is 5.91 Å². The molecule has 0 saturated heterocycles. The predicted octanol–water partition coefficient (Wildman–Crippen LogP) is 1.99. The second-order valence-electron chi connectivity index (χ2n) is 6.81. The van der Waals surface area contributed by atoms with Crippen LogP contribution in [-0.4, -0.2) is 42.3 Å². The molecule has 2 N–H and O–H groups in total. The van der Waals surface area contributed by atoms with Crippen molar-refractivity contribution in [3.8, 4) is 0 Å². The van der Waals surface area contributed by atoms with Crippen molar-refractivity contribution in [2.75, 3.05) is 6.61 Å². The van der Waals surface area contributed by atoms with E-state index in [0.29, 0.717) is 6.42 Å². The molecule has 0 fully saturated rings. The molecule has 0 heterocycles. The first-order chi connectivity index (χ1) is 10.5. The molecular weight excluding hydrogens is 300 g/mol. The van der Waals surface area contributed by atoms with E-state index < -0.39 is 35.7 Å². The predicted molar refractivity (Wildman–Crippen MR) is 86.9 cm³/mol. The summed E-state index contributed by atoms with van der Waals surface area (Å²) in [6, 6.07) is -1.56. The fourth-order valence-corrected chi connectivity index (χ4v) is 1.77. The van der Waals surface area contributed by atoms with Crippen LogP contribution in [0.25, 0.3) is 0 Å². The molecule has 134 valence electrons. The van der Waals surface area contributed by atoms with Crippen molar-refractivity contribution in [1.82, 2.24) is 10.6 Å². The third-order valence-electron chi connectivity index (χ3n) is 2.72. The van der Waals surface area contributed by atoms with Crippen LogP contribution in [0.2, 0.25) is 0 Å². The van der Waals surface area contributed by atoms with Gasteiger partial charge in [-0.15, -0.1) is 0 Å². The van der Waals surface area contributed by atoms with Gasteiger partial charge in [-0.3, -0.25) is 4.79 Å².